The predicted molar refractivity (Wildman–Crippen MR) is 75.8 cm³/mol. The Labute approximate surface area is 114 Å². The van der Waals surface area contributed by atoms with E-state index in [1.165, 1.54) is 0 Å². The molecule has 1 unspecified atom stereocenters. The highest BCUT2D eigenvalue weighted by molar-refractivity contribution is 7.99. The quantitative estimate of drug-likeness (QED) is 0.531. The summed E-state index contributed by atoms with van der Waals surface area (Å²) >= 11 is 1.71. The normalized spacial score (nSPS) is 14.4. The Kier molecular flexibility index (Phi) is 7.23. The molecule has 1 atom stereocenters. The van der Waals surface area contributed by atoms with Crippen LogP contribution in [0.25, 0.3) is 0 Å². The second-order valence-electron chi connectivity index (χ2n) is 4.64. The van der Waals surface area contributed by atoms with Gasteiger partial charge in [-0.25, -0.2) is 4.98 Å². The van der Waals surface area contributed by atoms with Gasteiger partial charge in [-0.15, -0.1) is 11.8 Å². The van der Waals surface area contributed by atoms with Gasteiger partial charge in [-0.2, -0.15) is 0 Å². The fourth-order valence-electron chi connectivity index (χ4n) is 1.65. The van der Waals surface area contributed by atoms with Crippen molar-refractivity contribution >= 4 is 11.8 Å². The summed E-state index contributed by atoms with van der Waals surface area (Å²) in [6.45, 7) is 5.35. The van der Waals surface area contributed by atoms with Crippen molar-refractivity contribution in [2.45, 2.75) is 43.7 Å². The van der Waals surface area contributed by atoms with Gasteiger partial charge in [0.15, 0.2) is 0 Å². The third-order valence-corrected chi connectivity index (χ3v) is 3.81. The molecule has 102 valence electrons. The first-order chi connectivity index (χ1) is 8.70. The molecule has 0 saturated carbocycles. The summed E-state index contributed by atoms with van der Waals surface area (Å²) < 4.78 is 0. The minimum Gasteiger partial charge on any atom is -0.394 e. The van der Waals surface area contributed by atoms with Gasteiger partial charge in [-0.05, 0) is 38.5 Å². The average Bonchev–Trinajstić information content (AvgIpc) is 2.43. The van der Waals surface area contributed by atoms with E-state index in [1.54, 1.807) is 30.4 Å². The smallest absolute Gasteiger partial charge is 0.114 e. The number of rotatable bonds is 9. The first kappa shape index (κ1) is 15.4. The lowest BCUT2D eigenvalue weighted by Crippen LogP contribution is -2.46. The summed E-state index contributed by atoms with van der Waals surface area (Å²) in [6, 6.07) is 0. The molecular weight excluding hydrogens is 246 g/mol. The van der Waals surface area contributed by atoms with Crippen LogP contribution in [-0.4, -0.2) is 39.5 Å². The Balaban J connectivity index is 2.23. The van der Waals surface area contributed by atoms with Crippen LogP contribution in [0.2, 0.25) is 0 Å². The highest BCUT2D eigenvalue weighted by Crippen LogP contribution is 2.18. The lowest BCUT2D eigenvalue weighted by molar-refractivity contribution is 0.165. The van der Waals surface area contributed by atoms with Crippen molar-refractivity contribution in [3.05, 3.63) is 18.6 Å². The number of aliphatic hydroxyl groups is 1. The first-order valence-corrected chi connectivity index (χ1v) is 7.43. The van der Waals surface area contributed by atoms with E-state index in [4.69, 9.17) is 0 Å². The van der Waals surface area contributed by atoms with Crippen LogP contribution in [0.3, 0.4) is 0 Å². The van der Waals surface area contributed by atoms with Gasteiger partial charge in [-0.1, -0.05) is 6.92 Å². The zero-order valence-electron chi connectivity index (χ0n) is 11.2. The highest BCUT2D eigenvalue weighted by atomic mass is 32.2. The minimum absolute atomic E-state index is 0.154. The van der Waals surface area contributed by atoms with E-state index in [2.05, 4.69) is 29.1 Å². The van der Waals surface area contributed by atoms with Crippen LogP contribution in [0.1, 0.15) is 33.1 Å². The van der Waals surface area contributed by atoms with Crippen molar-refractivity contribution in [2.24, 2.45) is 0 Å². The molecule has 1 aromatic heterocycles. The van der Waals surface area contributed by atoms with E-state index in [0.717, 1.165) is 36.6 Å². The lowest BCUT2D eigenvalue weighted by atomic mass is 9.97. The molecule has 5 heteroatoms. The van der Waals surface area contributed by atoms with Crippen LogP contribution in [-0.2, 0) is 0 Å². The number of thioether (sulfide) groups is 1. The van der Waals surface area contributed by atoms with E-state index in [1.807, 2.05) is 0 Å². The lowest BCUT2D eigenvalue weighted by Gasteiger charge is -2.28. The third-order valence-electron chi connectivity index (χ3n) is 2.81. The molecule has 0 saturated heterocycles. The molecule has 0 radical (unpaired) electrons. The van der Waals surface area contributed by atoms with Gasteiger partial charge >= 0.3 is 0 Å². The molecule has 0 aliphatic heterocycles. The standard InChI is InChI=1S/C13H23N3OS/c1-3-6-16-13(2,11-17)5-4-9-18-12-10-14-7-8-15-12/h7-8,10,16-17H,3-6,9,11H2,1-2H3. The summed E-state index contributed by atoms with van der Waals surface area (Å²) in [7, 11) is 0. The van der Waals surface area contributed by atoms with Crippen LogP contribution in [0.15, 0.2) is 23.6 Å². The van der Waals surface area contributed by atoms with Gasteiger partial charge in [0, 0.05) is 17.9 Å². The van der Waals surface area contributed by atoms with Gasteiger partial charge in [-0.3, -0.25) is 4.98 Å². The second kappa shape index (κ2) is 8.45. The molecule has 0 aliphatic carbocycles. The summed E-state index contributed by atoms with van der Waals surface area (Å²) in [5, 5.41) is 13.8. The molecule has 1 rings (SSSR count). The Morgan fingerprint density at radius 2 is 2.28 bits per heavy atom. The van der Waals surface area contributed by atoms with Crippen molar-refractivity contribution in [1.82, 2.24) is 15.3 Å². The Morgan fingerprint density at radius 1 is 1.44 bits per heavy atom. The monoisotopic (exact) mass is 269 g/mol. The molecule has 0 fully saturated rings. The maximum Gasteiger partial charge on any atom is 0.114 e. The molecule has 0 aliphatic rings. The molecule has 4 nitrogen and oxygen atoms in total. The SMILES string of the molecule is CCCNC(C)(CO)CCCSc1cnccn1. The Morgan fingerprint density at radius 3 is 2.89 bits per heavy atom. The van der Waals surface area contributed by atoms with E-state index in [9.17, 15) is 5.11 Å². The van der Waals surface area contributed by atoms with Crippen LogP contribution in [0, 0.1) is 0 Å². The molecule has 1 aromatic rings. The number of hydrogen-bond acceptors (Lipinski definition) is 5. The van der Waals surface area contributed by atoms with E-state index < -0.39 is 0 Å². The fourth-order valence-corrected chi connectivity index (χ4v) is 2.42. The molecule has 1 heterocycles. The van der Waals surface area contributed by atoms with Gasteiger partial charge in [0.25, 0.3) is 0 Å². The Bertz CT molecular complexity index is 323. The number of hydrogen-bond donors (Lipinski definition) is 2. The van der Waals surface area contributed by atoms with Gasteiger partial charge in [0.1, 0.15) is 5.03 Å². The molecule has 0 spiro atoms. The highest BCUT2D eigenvalue weighted by Gasteiger charge is 2.21. The summed E-state index contributed by atoms with van der Waals surface area (Å²) in [5.74, 6) is 1.00. The summed E-state index contributed by atoms with van der Waals surface area (Å²) in [4.78, 5) is 8.25. The zero-order chi connectivity index (χ0) is 13.3. The van der Waals surface area contributed by atoms with Crippen LogP contribution in [0.4, 0.5) is 0 Å². The fraction of sp³-hybridized carbons (Fsp3) is 0.692. The Hall–Kier alpha value is -0.650. The van der Waals surface area contributed by atoms with Crippen molar-refractivity contribution in [1.29, 1.82) is 0 Å². The molecule has 18 heavy (non-hydrogen) atoms. The number of aromatic nitrogens is 2. The average molecular weight is 269 g/mol. The molecule has 0 amide bonds. The molecule has 0 bridgehead atoms. The van der Waals surface area contributed by atoms with Crippen molar-refractivity contribution < 1.29 is 5.11 Å². The number of aliphatic hydroxyl groups excluding tert-OH is 1. The largest absolute Gasteiger partial charge is 0.394 e. The van der Waals surface area contributed by atoms with Crippen molar-refractivity contribution in [3.63, 3.8) is 0 Å². The maximum atomic E-state index is 9.44. The maximum absolute atomic E-state index is 9.44. The van der Waals surface area contributed by atoms with E-state index in [0.29, 0.717) is 0 Å². The van der Waals surface area contributed by atoms with Crippen LogP contribution < -0.4 is 5.32 Å². The summed E-state index contributed by atoms with van der Waals surface area (Å²) in [5.41, 5.74) is -0.154. The van der Waals surface area contributed by atoms with E-state index in [-0.39, 0.29) is 12.1 Å². The van der Waals surface area contributed by atoms with Crippen LogP contribution >= 0.6 is 11.8 Å². The zero-order valence-corrected chi connectivity index (χ0v) is 12.0. The van der Waals surface area contributed by atoms with Gasteiger partial charge in [0.05, 0.1) is 12.8 Å². The van der Waals surface area contributed by atoms with E-state index >= 15 is 0 Å². The van der Waals surface area contributed by atoms with Crippen molar-refractivity contribution in [3.8, 4) is 0 Å². The summed E-state index contributed by atoms with van der Waals surface area (Å²) in [6.07, 6.45) is 8.28. The molecule has 0 aromatic carbocycles. The predicted octanol–water partition coefficient (Wildman–Crippen LogP) is 2.10. The van der Waals surface area contributed by atoms with Crippen LogP contribution in [0.5, 0.6) is 0 Å². The molecule has 2 N–H and O–H groups in total. The first-order valence-electron chi connectivity index (χ1n) is 6.45. The topological polar surface area (TPSA) is 58.0 Å². The number of nitrogens with one attached hydrogen (secondary N) is 1. The number of nitrogens with zero attached hydrogens (tertiary/aromatic N) is 2. The third kappa shape index (κ3) is 5.80. The van der Waals surface area contributed by atoms with Gasteiger partial charge < -0.3 is 10.4 Å². The van der Waals surface area contributed by atoms with Crippen molar-refractivity contribution in [2.75, 3.05) is 18.9 Å². The second-order valence-corrected chi connectivity index (χ2v) is 5.76. The minimum atomic E-state index is -0.154. The molecular formula is C13H23N3OS. The van der Waals surface area contributed by atoms with Gasteiger partial charge in [0.2, 0.25) is 0 Å².